The number of piperidine rings is 3. The lowest BCUT2D eigenvalue weighted by molar-refractivity contribution is -0.151. The molecule has 0 unspecified atom stereocenters. The van der Waals surface area contributed by atoms with Crippen molar-refractivity contribution in [3.05, 3.63) is 17.5 Å². The summed E-state index contributed by atoms with van der Waals surface area (Å²) in [6.45, 7) is 5.10. The average Bonchev–Trinajstić information content (AvgIpc) is 3.07. The molecule has 0 saturated carbocycles. The summed E-state index contributed by atoms with van der Waals surface area (Å²) in [6, 6.07) is 1.90. The molecule has 1 aromatic heterocycles. The smallest absolute Gasteiger partial charge is 0.274 e. The summed E-state index contributed by atoms with van der Waals surface area (Å²) in [4.78, 5) is 41.0. The van der Waals surface area contributed by atoms with Crippen molar-refractivity contribution in [2.45, 2.75) is 51.6 Å². The van der Waals surface area contributed by atoms with Crippen LogP contribution in [-0.4, -0.2) is 69.4 Å². The second-order valence-electron chi connectivity index (χ2n) is 8.17. The minimum atomic E-state index is -0.0890. The monoisotopic (exact) mass is 373 g/mol. The highest BCUT2D eigenvalue weighted by Crippen LogP contribution is 2.41. The minimum absolute atomic E-state index is 0.0422. The van der Waals surface area contributed by atoms with E-state index >= 15 is 0 Å². The number of nitrogens with zero attached hydrogens (tertiary/aromatic N) is 3. The van der Waals surface area contributed by atoms with Crippen LogP contribution in [0.15, 0.2) is 6.07 Å². The molecule has 4 heterocycles. The van der Waals surface area contributed by atoms with Crippen molar-refractivity contribution < 1.29 is 14.4 Å². The second-order valence-corrected chi connectivity index (χ2v) is 8.17. The minimum Gasteiger partial charge on any atom is -0.354 e. The molecule has 27 heavy (non-hydrogen) atoms. The molecule has 0 aromatic carbocycles. The van der Waals surface area contributed by atoms with E-state index in [1.54, 1.807) is 6.07 Å². The van der Waals surface area contributed by atoms with E-state index in [1.165, 1.54) is 6.92 Å². The molecule has 3 fully saturated rings. The normalized spacial score (nSPS) is 30.1. The molecular formula is C19H27N5O3. The molecule has 146 valence electrons. The number of amides is 3. The van der Waals surface area contributed by atoms with Crippen LogP contribution < -0.4 is 5.32 Å². The second kappa shape index (κ2) is 6.98. The zero-order valence-electron chi connectivity index (χ0n) is 15.9. The van der Waals surface area contributed by atoms with Gasteiger partial charge in [0.25, 0.3) is 5.91 Å². The van der Waals surface area contributed by atoms with Gasteiger partial charge in [-0.1, -0.05) is 0 Å². The molecular weight excluding hydrogens is 346 g/mol. The highest BCUT2D eigenvalue weighted by molar-refractivity contribution is 5.92. The number of rotatable bonds is 3. The van der Waals surface area contributed by atoms with Crippen molar-refractivity contribution in [2.24, 2.45) is 11.8 Å². The summed E-state index contributed by atoms with van der Waals surface area (Å²) >= 11 is 0. The quantitative estimate of drug-likeness (QED) is 0.815. The predicted molar refractivity (Wildman–Crippen MR) is 97.8 cm³/mol. The third kappa shape index (κ3) is 3.33. The Morgan fingerprint density at radius 2 is 2.11 bits per heavy atom. The maximum Gasteiger partial charge on any atom is 0.274 e. The first-order chi connectivity index (χ1) is 12.9. The molecule has 0 aliphatic carbocycles. The van der Waals surface area contributed by atoms with Gasteiger partial charge in [0.15, 0.2) is 0 Å². The fourth-order valence-corrected chi connectivity index (χ4v) is 5.14. The zero-order valence-corrected chi connectivity index (χ0v) is 15.9. The van der Waals surface area contributed by atoms with Crippen LogP contribution in [0, 0.1) is 18.8 Å². The number of hydrogen-bond donors (Lipinski definition) is 2. The summed E-state index contributed by atoms with van der Waals surface area (Å²) in [7, 11) is 0. The van der Waals surface area contributed by atoms with E-state index < -0.39 is 0 Å². The molecule has 8 nitrogen and oxygen atoms in total. The molecule has 4 atom stereocenters. The van der Waals surface area contributed by atoms with E-state index in [9.17, 15) is 14.4 Å². The van der Waals surface area contributed by atoms with Crippen LogP contribution in [0.1, 0.15) is 48.8 Å². The Bertz CT molecular complexity index is 760. The van der Waals surface area contributed by atoms with Gasteiger partial charge in [0.1, 0.15) is 5.69 Å². The number of carbonyl (C=O) groups excluding carboxylic acids is 3. The Morgan fingerprint density at radius 3 is 2.81 bits per heavy atom. The van der Waals surface area contributed by atoms with Crippen LogP contribution in [0.5, 0.6) is 0 Å². The fourth-order valence-electron chi connectivity index (χ4n) is 5.14. The highest BCUT2D eigenvalue weighted by atomic mass is 16.2. The van der Waals surface area contributed by atoms with Crippen LogP contribution in [0.2, 0.25) is 0 Å². The van der Waals surface area contributed by atoms with Gasteiger partial charge in [-0.2, -0.15) is 5.10 Å². The van der Waals surface area contributed by atoms with Crippen molar-refractivity contribution in [2.75, 3.05) is 19.6 Å². The van der Waals surface area contributed by atoms with Gasteiger partial charge in [-0.25, -0.2) is 0 Å². The Labute approximate surface area is 158 Å². The molecule has 3 saturated heterocycles. The lowest BCUT2D eigenvalue weighted by Crippen LogP contribution is -2.67. The van der Waals surface area contributed by atoms with Crippen molar-refractivity contribution in [3.8, 4) is 0 Å². The summed E-state index contributed by atoms with van der Waals surface area (Å²) in [5, 5.41) is 9.85. The predicted octanol–water partition coefficient (Wildman–Crippen LogP) is 0.696. The molecule has 1 aromatic rings. The van der Waals surface area contributed by atoms with Crippen LogP contribution in [0.25, 0.3) is 0 Å². The Hall–Kier alpha value is -2.38. The largest absolute Gasteiger partial charge is 0.354 e. The van der Waals surface area contributed by atoms with Crippen molar-refractivity contribution >= 4 is 17.7 Å². The number of likely N-dealkylation sites (tertiary alicyclic amines) is 1. The summed E-state index contributed by atoms with van der Waals surface area (Å²) < 4.78 is 0. The number of hydrogen-bond acceptors (Lipinski definition) is 4. The highest BCUT2D eigenvalue weighted by Gasteiger charge is 2.50. The molecule has 3 aliphatic heterocycles. The number of H-pyrrole nitrogens is 1. The van der Waals surface area contributed by atoms with Crippen molar-refractivity contribution in [3.63, 3.8) is 0 Å². The number of aromatic amines is 1. The molecule has 2 bridgehead atoms. The number of aromatic nitrogens is 2. The molecule has 8 heteroatoms. The molecule has 3 aliphatic rings. The van der Waals surface area contributed by atoms with Gasteiger partial charge in [0, 0.05) is 44.7 Å². The maximum atomic E-state index is 12.9. The molecule has 3 amide bonds. The van der Waals surface area contributed by atoms with Gasteiger partial charge in [-0.3, -0.25) is 19.5 Å². The summed E-state index contributed by atoms with van der Waals surface area (Å²) in [5.41, 5.74) is 1.31. The zero-order chi connectivity index (χ0) is 19.1. The van der Waals surface area contributed by atoms with E-state index in [1.807, 2.05) is 16.7 Å². The van der Waals surface area contributed by atoms with Crippen molar-refractivity contribution in [1.82, 2.24) is 25.3 Å². The number of nitrogens with one attached hydrogen (secondary N) is 2. The summed E-state index contributed by atoms with van der Waals surface area (Å²) in [6.07, 6.45) is 3.47. The Kier molecular flexibility index (Phi) is 4.65. The molecule has 0 spiro atoms. The van der Waals surface area contributed by atoms with Gasteiger partial charge >= 0.3 is 0 Å². The standard InChI is InChI=1S/C19H27N5O3/c1-11-6-15(22-21-11)19(27)23-9-13-7-14(10-23)17(8-20-12(2)25)24-16(13)4-3-5-18(24)26/h6,13-14,16-17H,3-5,7-10H2,1-2H3,(H,20,25)(H,21,22)/t13-,14+,16+,17+/m1/s1. The topological polar surface area (TPSA) is 98.4 Å². The van der Waals surface area contributed by atoms with Crippen LogP contribution in [0.3, 0.4) is 0 Å². The molecule has 2 N–H and O–H groups in total. The Balaban J connectivity index is 1.58. The third-order valence-corrected chi connectivity index (χ3v) is 6.27. The van der Waals surface area contributed by atoms with Gasteiger partial charge < -0.3 is 15.1 Å². The third-order valence-electron chi connectivity index (χ3n) is 6.27. The van der Waals surface area contributed by atoms with Crippen LogP contribution in [-0.2, 0) is 9.59 Å². The first kappa shape index (κ1) is 18.0. The van der Waals surface area contributed by atoms with E-state index in [4.69, 9.17) is 0 Å². The van der Waals surface area contributed by atoms with E-state index in [-0.39, 0.29) is 35.7 Å². The first-order valence-corrected chi connectivity index (χ1v) is 9.81. The van der Waals surface area contributed by atoms with Gasteiger partial charge in [-0.15, -0.1) is 0 Å². The lowest BCUT2D eigenvalue weighted by atomic mass is 9.72. The van der Waals surface area contributed by atoms with Crippen LogP contribution in [0.4, 0.5) is 0 Å². The SMILES string of the molecule is CC(=O)NC[C@H]1[C@H]2C[C@H](CN(C(=O)c3cc(C)[nH]n3)C2)[C@@H]2CCCC(=O)N21. The van der Waals surface area contributed by atoms with E-state index in [2.05, 4.69) is 15.5 Å². The number of carbonyl (C=O) groups is 3. The van der Waals surface area contributed by atoms with Gasteiger partial charge in [-0.05, 0) is 44.1 Å². The van der Waals surface area contributed by atoms with E-state index in [0.29, 0.717) is 37.7 Å². The fraction of sp³-hybridized carbons (Fsp3) is 0.684. The average molecular weight is 373 g/mol. The van der Waals surface area contributed by atoms with Crippen LogP contribution >= 0.6 is 0 Å². The number of fused-ring (bicyclic) bond motifs is 4. The molecule has 0 radical (unpaired) electrons. The van der Waals surface area contributed by atoms with Gasteiger partial charge in [0.05, 0.1) is 6.04 Å². The Morgan fingerprint density at radius 1 is 1.33 bits per heavy atom. The lowest BCUT2D eigenvalue weighted by Gasteiger charge is -2.56. The summed E-state index contributed by atoms with van der Waals surface area (Å²) in [5.74, 6) is 0.527. The first-order valence-electron chi connectivity index (χ1n) is 9.81. The van der Waals surface area contributed by atoms with Crippen molar-refractivity contribution in [1.29, 1.82) is 0 Å². The number of aryl methyl sites for hydroxylation is 1. The van der Waals surface area contributed by atoms with E-state index in [0.717, 1.165) is 25.0 Å². The maximum absolute atomic E-state index is 12.9. The molecule has 4 rings (SSSR count). The van der Waals surface area contributed by atoms with Gasteiger partial charge in [0.2, 0.25) is 11.8 Å².